The Morgan fingerprint density at radius 1 is 1.05 bits per heavy atom. The molecule has 2 rings (SSSR count). The van der Waals surface area contributed by atoms with Crippen molar-refractivity contribution in [1.82, 2.24) is 0 Å². The van der Waals surface area contributed by atoms with Crippen molar-refractivity contribution in [3.8, 4) is 17.6 Å². The van der Waals surface area contributed by atoms with Crippen LogP contribution in [0.3, 0.4) is 0 Å². The number of hydrogen-bond donors (Lipinski definition) is 0. The Labute approximate surface area is 133 Å². The molecule has 0 aliphatic carbocycles. The van der Waals surface area contributed by atoms with Gasteiger partial charge in [-0.1, -0.05) is 0 Å². The van der Waals surface area contributed by atoms with Gasteiger partial charge in [-0.15, -0.1) is 0 Å². The second-order valence-electron chi connectivity index (χ2n) is 4.68. The van der Waals surface area contributed by atoms with Crippen LogP contribution in [0.5, 0.6) is 5.75 Å². The quantitative estimate of drug-likeness (QED) is 0.597. The molecule has 0 bridgehead atoms. The normalized spacial score (nSPS) is 9.81. The first-order chi connectivity index (χ1) is 10.3. The molecule has 0 spiro atoms. The van der Waals surface area contributed by atoms with Crippen molar-refractivity contribution in [2.24, 2.45) is 0 Å². The maximum absolute atomic E-state index is 5.19. The molecule has 2 heteroatoms. The van der Waals surface area contributed by atoms with Gasteiger partial charge < -0.3 is 0 Å². The van der Waals surface area contributed by atoms with E-state index in [-0.39, 0.29) is 0 Å². The molecule has 0 radical (unpaired) electrons. The zero-order valence-electron chi connectivity index (χ0n) is 12.6. The molecule has 0 atom stereocenters. The molecule has 0 heterocycles. The van der Waals surface area contributed by atoms with E-state index in [9.17, 15) is 0 Å². The molecule has 0 amide bonds. The predicted octanol–water partition coefficient (Wildman–Crippen LogP) is 3.38. The van der Waals surface area contributed by atoms with E-state index in [4.69, 9.17) is 4.74 Å². The molecule has 0 saturated carbocycles. The Kier molecular flexibility index (Phi) is 6.41. The molecule has 0 fully saturated rings. The van der Waals surface area contributed by atoms with Crippen LogP contribution in [0.1, 0.15) is 30.9 Å². The molecule has 0 saturated heterocycles. The summed E-state index contributed by atoms with van der Waals surface area (Å²) in [6.07, 6.45) is 2.09. The molecular weight excluding hydrogens is 323 g/mol. The summed E-state index contributed by atoms with van der Waals surface area (Å²) in [6.45, 7) is 2.16. The van der Waals surface area contributed by atoms with Crippen molar-refractivity contribution in [3.05, 3.63) is 59.7 Å². The summed E-state index contributed by atoms with van der Waals surface area (Å²) in [5.41, 5.74) is 2.55. The van der Waals surface area contributed by atoms with E-state index in [1.165, 1.54) is 15.6 Å². The first kappa shape index (κ1) is 15.7. The van der Waals surface area contributed by atoms with Gasteiger partial charge in [0, 0.05) is 0 Å². The van der Waals surface area contributed by atoms with Gasteiger partial charge in [-0.3, -0.25) is 0 Å². The molecule has 21 heavy (non-hydrogen) atoms. The van der Waals surface area contributed by atoms with Crippen LogP contribution in [-0.2, 0) is 5.32 Å². The fourth-order valence-corrected chi connectivity index (χ4v) is 3.88. The molecule has 0 unspecified atom stereocenters. The van der Waals surface area contributed by atoms with E-state index in [1.54, 1.807) is 7.11 Å². The van der Waals surface area contributed by atoms with Gasteiger partial charge in [0.05, 0.1) is 0 Å². The van der Waals surface area contributed by atoms with E-state index < -0.39 is 0 Å². The zero-order chi connectivity index (χ0) is 14.9. The molecule has 2 aromatic rings. The van der Waals surface area contributed by atoms with E-state index in [2.05, 4.69) is 55.2 Å². The minimum absolute atomic E-state index is 0.409. The van der Waals surface area contributed by atoms with Crippen LogP contribution in [0.25, 0.3) is 0 Å². The SMILES string of the molecule is CCCC#Cc1ccccc1[Se]Cc1ccc(OC)cc1. The Bertz CT molecular complexity index is 620. The summed E-state index contributed by atoms with van der Waals surface area (Å²) >= 11 is 0.409. The van der Waals surface area contributed by atoms with Crippen molar-refractivity contribution in [2.45, 2.75) is 25.1 Å². The fourth-order valence-electron chi connectivity index (χ4n) is 1.86. The van der Waals surface area contributed by atoms with Crippen LogP contribution in [0.15, 0.2) is 48.5 Å². The number of ether oxygens (including phenoxy) is 1. The second-order valence-corrected chi connectivity index (χ2v) is 6.82. The monoisotopic (exact) mass is 344 g/mol. The average molecular weight is 343 g/mol. The Balaban J connectivity index is 2.04. The third-order valence-electron chi connectivity index (χ3n) is 3.04. The molecular formula is C19H20OSe. The Hall–Kier alpha value is -1.68. The van der Waals surface area contributed by atoms with Gasteiger partial charge >= 0.3 is 134 Å². The van der Waals surface area contributed by atoms with Crippen molar-refractivity contribution in [3.63, 3.8) is 0 Å². The third kappa shape index (κ3) is 4.97. The van der Waals surface area contributed by atoms with Crippen LogP contribution in [-0.4, -0.2) is 22.1 Å². The zero-order valence-corrected chi connectivity index (χ0v) is 14.3. The Morgan fingerprint density at radius 2 is 1.81 bits per heavy atom. The molecule has 0 aromatic heterocycles. The van der Waals surface area contributed by atoms with Gasteiger partial charge in [-0.05, 0) is 0 Å². The van der Waals surface area contributed by atoms with Gasteiger partial charge in [0.25, 0.3) is 0 Å². The molecule has 0 N–H and O–H groups in total. The standard InChI is InChI=1S/C19H20OSe/c1-3-4-5-8-17-9-6-7-10-19(17)21-15-16-11-13-18(20-2)14-12-16/h6-7,9-14H,3-4,15H2,1-2H3. The van der Waals surface area contributed by atoms with Crippen LogP contribution in [0.4, 0.5) is 0 Å². The van der Waals surface area contributed by atoms with Gasteiger partial charge in [-0.2, -0.15) is 0 Å². The van der Waals surface area contributed by atoms with Gasteiger partial charge in [0.15, 0.2) is 0 Å². The summed E-state index contributed by atoms with van der Waals surface area (Å²) in [6, 6.07) is 16.9. The average Bonchev–Trinajstić information content (AvgIpc) is 2.54. The molecule has 1 nitrogen and oxygen atoms in total. The predicted molar refractivity (Wildman–Crippen MR) is 90.3 cm³/mol. The molecule has 0 aliphatic rings. The van der Waals surface area contributed by atoms with Crippen molar-refractivity contribution in [2.75, 3.05) is 7.11 Å². The van der Waals surface area contributed by atoms with Gasteiger partial charge in [0.2, 0.25) is 0 Å². The van der Waals surface area contributed by atoms with Crippen LogP contribution >= 0.6 is 0 Å². The number of unbranched alkanes of at least 4 members (excludes halogenated alkanes) is 1. The molecule has 0 aliphatic heterocycles. The number of benzene rings is 2. The second kappa shape index (κ2) is 8.57. The third-order valence-corrected chi connectivity index (χ3v) is 5.44. The maximum atomic E-state index is 5.19. The fraction of sp³-hybridized carbons (Fsp3) is 0.263. The number of rotatable bonds is 5. The number of hydrogen-bond acceptors (Lipinski definition) is 1. The summed E-state index contributed by atoms with van der Waals surface area (Å²) in [5, 5.41) is 1.09. The summed E-state index contributed by atoms with van der Waals surface area (Å²) in [7, 11) is 1.70. The number of methoxy groups -OCH3 is 1. The molecule has 2 aromatic carbocycles. The van der Waals surface area contributed by atoms with Crippen molar-refractivity contribution >= 4 is 19.4 Å². The van der Waals surface area contributed by atoms with Crippen LogP contribution < -0.4 is 9.20 Å². The van der Waals surface area contributed by atoms with Gasteiger partial charge in [-0.25, -0.2) is 0 Å². The van der Waals surface area contributed by atoms with E-state index in [0.717, 1.165) is 23.9 Å². The summed E-state index contributed by atoms with van der Waals surface area (Å²) in [5.74, 6) is 7.48. The topological polar surface area (TPSA) is 9.23 Å². The van der Waals surface area contributed by atoms with Crippen LogP contribution in [0, 0.1) is 11.8 Å². The van der Waals surface area contributed by atoms with Crippen molar-refractivity contribution < 1.29 is 4.74 Å². The minimum atomic E-state index is 0.409. The Morgan fingerprint density at radius 3 is 2.52 bits per heavy atom. The summed E-state index contributed by atoms with van der Waals surface area (Å²) in [4.78, 5) is 0. The van der Waals surface area contributed by atoms with Crippen LogP contribution in [0.2, 0.25) is 0 Å². The van der Waals surface area contributed by atoms with E-state index >= 15 is 0 Å². The summed E-state index contributed by atoms with van der Waals surface area (Å²) < 4.78 is 6.59. The first-order valence-corrected chi connectivity index (χ1v) is 9.24. The van der Waals surface area contributed by atoms with E-state index in [0.29, 0.717) is 15.0 Å². The van der Waals surface area contributed by atoms with Crippen molar-refractivity contribution in [1.29, 1.82) is 0 Å². The van der Waals surface area contributed by atoms with E-state index in [1.807, 2.05) is 12.1 Å². The first-order valence-electron chi connectivity index (χ1n) is 7.17. The molecule has 108 valence electrons. The van der Waals surface area contributed by atoms with Gasteiger partial charge in [0.1, 0.15) is 0 Å².